The molecular weight excluding hydrogens is 266 g/mol. The number of hydrogen-bond donors (Lipinski definition) is 3. The van der Waals surface area contributed by atoms with E-state index in [1.807, 2.05) is 61.1 Å². The summed E-state index contributed by atoms with van der Waals surface area (Å²) < 4.78 is 1.87. The fraction of sp³-hybridized carbons (Fsp3) is 0.312. The van der Waals surface area contributed by atoms with E-state index in [9.17, 15) is 9.90 Å². The lowest BCUT2D eigenvalue weighted by molar-refractivity contribution is 0.159. The van der Waals surface area contributed by atoms with E-state index in [0.717, 1.165) is 16.9 Å². The third kappa shape index (κ3) is 4.36. The lowest BCUT2D eigenvalue weighted by atomic mass is 10.2. The molecule has 1 heterocycles. The minimum Gasteiger partial charge on any atom is -0.387 e. The van der Waals surface area contributed by atoms with E-state index >= 15 is 0 Å². The van der Waals surface area contributed by atoms with Crippen LogP contribution in [0.2, 0.25) is 0 Å². The van der Waals surface area contributed by atoms with Gasteiger partial charge in [-0.3, -0.25) is 0 Å². The number of aromatic nitrogens is 1. The summed E-state index contributed by atoms with van der Waals surface area (Å²) in [7, 11) is 1.89. The summed E-state index contributed by atoms with van der Waals surface area (Å²) in [6, 6.07) is 11.1. The Bertz CT molecular complexity index is 607. The normalized spacial score (nSPS) is 12.0. The molecule has 2 aromatic rings. The van der Waals surface area contributed by atoms with E-state index < -0.39 is 6.10 Å². The number of aliphatic hydroxyl groups is 1. The van der Waals surface area contributed by atoms with Crippen LogP contribution in [0, 0.1) is 6.92 Å². The smallest absolute Gasteiger partial charge is 0.319 e. The lowest BCUT2D eigenvalue weighted by Crippen LogP contribution is -2.30. The van der Waals surface area contributed by atoms with Gasteiger partial charge in [-0.25, -0.2) is 4.79 Å². The molecule has 2 amide bonds. The van der Waals surface area contributed by atoms with Crippen molar-refractivity contribution < 1.29 is 9.90 Å². The number of carbonyl (C=O) groups excluding carboxylic acids is 1. The second-order valence-electron chi connectivity index (χ2n) is 5.10. The number of carbonyl (C=O) groups is 1. The molecular formula is C16H21N3O2. The van der Waals surface area contributed by atoms with Gasteiger partial charge < -0.3 is 20.3 Å². The maximum Gasteiger partial charge on any atom is 0.319 e. The molecule has 1 aromatic heterocycles. The van der Waals surface area contributed by atoms with Crippen LogP contribution in [0.1, 0.15) is 23.8 Å². The van der Waals surface area contributed by atoms with Crippen molar-refractivity contribution in [2.24, 2.45) is 7.05 Å². The van der Waals surface area contributed by atoms with Crippen molar-refractivity contribution in [3.8, 4) is 0 Å². The molecule has 0 aliphatic heterocycles. The van der Waals surface area contributed by atoms with Gasteiger partial charge in [0, 0.05) is 31.2 Å². The average Bonchev–Trinajstić information content (AvgIpc) is 2.85. The van der Waals surface area contributed by atoms with Gasteiger partial charge in [0.15, 0.2) is 0 Å². The van der Waals surface area contributed by atoms with Crippen molar-refractivity contribution >= 4 is 11.7 Å². The van der Waals surface area contributed by atoms with E-state index in [1.165, 1.54) is 0 Å². The Morgan fingerprint density at radius 1 is 1.33 bits per heavy atom. The van der Waals surface area contributed by atoms with Gasteiger partial charge in [0.2, 0.25) is 0 Å². The van der Waals surface area contributed by atoms with Gasteiger partial charge in [0.05, 0.1) is 6.10 Å². The van der Waals surface area contributed by atoms with E-state index in [2.05, 4.69) is 10.6 Å². The number of amides is 2. The number of hydrogen-bond acceptors (Lipinski definition) is 2. The second kappa shape index (κ2) is 6.95. The van der Waals surface area contributed by atoms with Crippen LogP contribution in [0.3, 0.4) is 0 Å². The standard InChI is InChI=1S/C16H21N3O2/c1-12-5-3-6-13(11-12)18-16(21)17-9-8-15(20)14-7-4-10-19(14)2/h3-7,10-11,15,20H,8-9H2,1-2H3,(H2,17,18,21). The van der Waals surface area contributed by atoms with Gasteiger partial charge in [-0.15, -0.1) is 0 Å². The third-order valence-electron chi connectivity index (χ3n) is 3.30. The molecule has 2 rings (SSSR count). The van der Waals surface area contributed by atoms with E-state index in [4.69, 9.17) is 0 Å². The Morgan fingerprint density at radius 3 is 2.81 bits per heavy atom. The molecule has 0 aliphatic carbocycles. The summed E-state index contributed by atoms with van der Waals surface area (Å²) in [5.41, 5.74) is 2.69. The Hall–Kier alpha value is -2.27. The average molecular weight is 287 g/mol. The fourth-order valence-corrected chi connectivity index (χ4v) is 2.19. The Labute approximate surface area is 124 Å². The van der Waals surface area contributed by atoms with Crippen LogP contribution in [0.25, 0.3) is 0 Å². The first-order valence-corrected chi connectivity index (χ1v) is 6.97. The highest BCUT2D eigenvalue weighted by Gasteiger charge is 2.10. The molecule has 0 spiro atoms. The van der Waals surface area contributed by atoms with E-state index in [0.29, 0.717) is 13.0 Å². The van der Waals surface area contributed by atoms with Crippen molar-refractivity contribution in [2.45, 2.75) is 19.4 Å². The largest absolute Gasteiger partial charge is 0.387 e. The number of benzene rings is 1. The Balaban J connectivity index is 1.76. The zero-order valence-electron chi connectivity index (χ0n) is 12.3. The summed E-state index contributed by atoms with van der Waals surface area (Å²) in [4.78, 5) is 11.7. The van der Waals surface area contributed by atoms with Crippen LogP contribution >= 0.6 is 0 Å². The molecule has 5 heteroatoms. The fourth-order valence-electron chi connectivity index (χ4n) is 2.19. The van der Waals surface area contributed by atoms with Crippen molar-refractivity contribution in [3.05, 3.63) is 53.9 Å². The highest BCUT2D eigenvalue weighted by molar-refractivity contribution is 5.89. The monoisotopic (exact) mass is 287 g/mol. The van der Waals surface area contributed by atoms with Gasteiger partial charge in [-0.1, -0.05) is 12.1 Å². The zero-order valence-corrected chi connectivity index (χ0v) is 12.3. The van der Waals surface area contributed by atoms with Crippen molar-refractivity contribution in [1.29, 1.82) is 0 Å². The van der Waals surface area contributed by atoms with Gasteiger partial charge in [-0.05, 0) is 43.2 Å². The minimum atomic E-state index is -0.579. The van der Waals surface area contributed by atoms with E-state index in [1.54, 1.807) is 0 Å². The Morgan fingerprint density at radius 2 is 2.14 bits per heavy atom. The van der Waals surface area contributed by atoms with Crippen LogP contribution in [0.5, 0.6) is 0 Å². The first-order chi connectivity index (χ1) is 10.1. The van der Waals surface area contributed by atoms with Crippen LogP contribution in [-0.4, -0.2) is 22.2 Å². The molecule has 3 N–H and O–H groups in total. The number of anilines is 1. The van der Waals surface area contributed by atoms with Crippen molar-refractivity contribution in [2.75, 3.05) is 11.9 Å². The molecule has 0 aliphatic rings. The molecule has 1 unspecified atom stereocenters. The number of aliphatic hydroxyl groups excluding tert-OH is 1. The maximum absolute atomic E-state index is 11.7. The van der Waals surface area contributed by atoms with Gasteiger partial charge in [0.25, 0.3) is 0 Å². The van der Waals surface area contributed by atoms with Gasteiger partial charge >= 0.3 is 6.03 Å². The van der Waals surface area contributed by atoms with Crippen LogP contribution in [-0.2, 0) is 7.05 Å². The van der Waals surface area contributed by atoms with Gasteiger partial charge in [-0.2, -0.15) is 0 Å². The summed E-state index contributed by atoms with van der Waals surface area (Å²) in [6.07, 6.45) is 1.78. The minimum absolute atomic E-state index is 0.264. The lowest BCUT2D eigenvalue weighted by Gasteiger charge is -2.13. The summed E-state index contributed by atoms with van der Waals surface area (Å²) in [6.45, 7) is 2.38. The first kappa shape index (κ1) is 15.1. The number of nitrogens with zero attached hydrogens (tertiary/aromatic N) is 1. The number of nitrogens with one attached hydrogen (secondary N) is 2. The molecule has 1 atom stereocenters. The molecule has 0 fully saturated rings. The highest BCUT2D eigenvalue weighted by Crippen LogP contribution is 2.15. The highest BCUT2D eigenvalue weighted by atomic mass is 16.3. The molecule has 5 nitrogen and oxygen atoms in total. The van der Waals surface area contributed by atoms with Crippen molar-refractivity contribution in [3.63, 3.8) is 0 Å². The van der Waals surface area contributed by atoms with Crippen LogP contribution < -0.4 is 10.6 Å². The summed E-state index contributed by atoms with van der Waals surface area (Å²) in [5, 5.41) is 15.5. The van der Waals surface area contributed by atoms with E-state index in [-0.39, 0.29) is 6.03 Å². The molecule has 112 valence electrons. The zero-order chi connectivity index (χ0) is 15.2. The first-order valence-electron chi connectivity index (χ1n) is 6.97. The molecule has 0 saturated carbocycles. The van der Waals surface area contributed by atoms with Gasteiger partial charge in [0.1, 0.15) is 0 Å². The third-order valence-corrected chi connectivity index (χ3v) is 3.30. The predicted molar refractivity (Wildman–Crippen MR) is 83.2 cm³/mol. The molecule has 0 bridgehead atoms. The predicted octanol–water partition coefficient (Wildman–Crippen LogP) is 2.58. The maximum atomic E-state index is 11.7. The molecule has 21 heavy (non-hydrogen) atoms. The van der Waals surface area contributed by atoms with Crippen LogP contribution in [0.15, 0.2) is 42.6 Å². The topological polar surface area (TPSA) is 66.3 Å². The number of urea groups is 1. The summed E-state index contributed by atoms with van der Waals surface area (Å²) >= 11 is 0. The molecule has 0 saturated heterocycles. The number of rotatable bonds is 5. The van der Waals surface area contributed by atoms with Crippen LogP contribution in [0.4, 0.5) is 10.5 Å². The Kier molecular flexibility index (Phi) is 5.00. The molecule has 0 radical (unpaired) electrons. The quantitative estimate of drug-likeness (QED) is 0.791. The van der Waals surface area contributed by atoms with Crippen molar-refractivity contribution in [1.82, 2.24) is 9.88 Å². The second-order valence-corrected chi connectivity index (χ2v) is 5.10. The number of aryl methyl sites for hydroxylation is 2. The SMILES string of the molecule is Cc1cccc(NC(=O)NCCC(O)c2cccn2C)c1. The summed E-state index contributed by atoms with van der Waals surface area (Å²) in [5.74, 6) is 0. The molecule has 1 aromatic carbocycles.